The fraction of sp³-hybridized carbons (Fsp3) is 0.611. The van der Waals surface area contributed by atoms with Gasteiger partial charge < -0.3 is 10.1 Å². The van der Waals surface area contributed by atoms with Crippen LogP contribution in [0.3, 0.4) is 0 Å². The summed E-state index contributed by atoms with van der Waals surface area (Å²) in [7, 11) is -2.51. The van der Waals surface area contributed by atoms with E-state index in [1.54, 1.807) is 0 Å². The SMILES string of the molecule is COC(=O)CCCNc1ccc(S(=O)(=O)N2C[C@@H](C)C[C@H](C)C2)cc1[N+](=O)[O-]. The van der Waals surface area contributed by atoms with E-state index in [9.17, 15) is 23.3 Å². The molecule has 0 radical (unpaired) electrons. The summed E-state index contributed by atoms with van der Waals surface area (Å²) >= 11 is 0. The molecular weight excluding hydrogens is 386 g/mol. The van der Waals surface area contributed by atoms with Crippen molar-refractivity contribution in [3.05, 3.63) is 28.3 Å². The minimum Gasteiger partial charge on any atom is -0.469 e. The van der Waals surface area contributed by atoms with Crippen molar-refractivity contribution in [2.45, 2.75) is 38.0 Å². The fourth-order valence-electron chi connectivity index (χ4n) is 3.48. The van der Waals surface area contributed by atoms with E-state index < -0.39 is 14.9 Å². The number of nitro groups is 1. The molecule has 2 atom stereocenters. The molecule has 0 amide bonds. The molecule has 1 N–H and O–H groups in total. The van der Waals surface area contributed by atoms with Crippen molar-refractivity contribution < 1.29 is 22.9 Å². The van der Waals surface area contributed by atoms with Crippen LogP contribution in [0, 0.1) is 22.0 Å². The lowest BCUT2D eigenvalue weighted by Gasteiger charge is -2.34. The van der Waals surface area contributed by atoms with Crippen LogP contribution in [0.4, 0.5) is 11.4 Å². The molecule has 1 fully saturated rings. The van der Waals surface area contributed by atoms with Gasteiger partial charge in [0.1, 0.15) is 5.69 Å². The number of esters is 1. The molecule has 1 heterocycles. The average molecular weight is 413 g/mol. The highest BCUT2D eigenvalue weighted by molar-refractivity contribution is 7.89. The van der Waals surface area contributed by atoms with E-state index in [-0.39, 0.29) is 40.5 Å². The number of ether oxygens (including phenoxy) is 1. The molecule has 0 spiro atoms. The molecule has 9 nitrogen and oxygen atoms in total. The van der Waals surface area contributed by atoms with Gasteiger partial charge in [-0.15, -0.1) is 0 Å². The van der Waals surface area contributed by atoms with Crippen molar-refractivity contribution in [1.29, 1.82) is 0 Å². The van der Waals surface area contributed by atoms with E-state index in [2.05, 4.69) is 10.1 Å². The fourth-order valence-corrected chi connectivity index (χ4v) is 5.18. The van der Waals surface area contributed by atoms with Crippen LogP contribution in [0.5, 0.6) is 0 Å². The Morgan fingerprint density at radius 1 is 1.32 bits per heavy atom. The number of hydrogen-bond donors (Lipinski definition) is 1. The second-order valence-electron chi connectivity index (χ2n) is 7.31. The standard InChI is InChI=1S/C18H27N3O6S/c1-13-9-14(2)12-20(11-13)28(25,26)15-6-7-16(17(10-15)21(23)24)19-8-4-5-18(22)27-3/h6-7,10,13-14,19H,4-5,8-9,11-12H2,1-3H3/t13-,14-/m0/s1. The summed E-state index contributed by atoms with van der Waals surface area (Å²) in [5, 5.41) is 14.3. The normalized spacial score (nSPS) is 20.5. The number of piperidine rings is 1. The molecule has 1 saturated heterocycles. The van der Waals surface area contributed by atoms with Crippen molar-refractivity contribution in [1.82, 2.24) is 4.31 Å². The zero-order valence-corrected chi connectivity index (χ0v) is 17.2. The van der Waals surface area contributed by atoms with Gasteiger partial charge in [-0.3, -0.25) is 14.9 Å². The summed E-state index contributed by atoms with van der Waals surface area (Å²) in [6, 6.07) is 3.89. The van der Waals surface area contributed by atoms with Crippen LogP contribution < -0.4 is 5.32 Å². The molecule has 0 aliphatic carbocycles. The maximum atomic E-state index is 13.0. The van der Waals surface area contributed by atoms with Gasteiger partial charge in [-0.25, -0.2) is 8.42 Å². The molecule has 0 saturated carbocycles. The number of benzene rings is 1. The third kappa shape index (κ3) is 5.41. The third-order valence-corrected chi connectivity index (χ3v) is 6.57. The van der Waals surface area contributed by atoms with E-state index in [0.717, 1.165) is 12.5 Å². The Kier molecular flexibility index (Phi) is 7.36. The van der Waals surface area contributed by atoms with E-state index in [1.807, 2.05) is 13.8 Å². The zero-order valence-electron chi connectivity index (χ0n) is 16.4. The second-order valence-corrected chi connectivity index (χ2v) is 9.25. The number of nitrogens with one attached hydrogen (secondary N) is 1. The number of nitrogens with zero attached hydrogens (tertiary/aromatic N) is 2. The molecule has 1 aromatic carbocycles. The number of carbonyl (C=O) groups is 1. The summed E-state index contributed by atoms with van der Waals surface area (Å²) in [6.07, 6.45) is 1.59. The first-order valence-corrected chi connectivity index (χ1v) is 10.7. The average Bonchev–Trinajstić information content (AvgIpc) is 2.64. The Morgan fingerprint density at radius 2 is 1.96 bits per heavy atom. The summed E-state index contributed by atoms with van der Waals surface area (Å²) in [5.74, 6) is 0.122. The van der Waals surface area contributed by atoms with Gasteiger partial charge in [0.25, 0.3) is 5.69 Å². The van der Waals surface area contributed by atoms with Gasteiger partial charge in [-0.2, -0.15) is 4.31 Å². The Labute approximate surface area is 165 Å². The van der Waals surface area contributed by atoms with Gasteiger partial charge in [0.2, 0.25) is 10.0 Å². The molecule has 28 heavy (non-hydrogen) atoms. The van der Waals surface area contributed by atoms with E-state index in [1.165, 1.54) is 23.5 Å². The topological polar surface area (TPSA) is 119 Å². The van der Waals surface area contributed by atoms with Crippen LogP contribution in [-0.4, -0.2) is 50.4 Å². The number of methoxy groups -OCH3 is 1. The number of sulfonamides is 1. The van der Waals surface area contributed by atoms with Gasteiger partial charge in [-0.1, -0.05) is 13.8 Å². The van der Waals surface area contributed by atoms with Gasteiger partial charge in [0.15, 0.2) is 0 Å². The molecule has 10 heteroatoms. The summed E-state index contributed by atoms with van der Waals surface area (Å²) in [5.41, 5.74) is -0.0913. The van der Waals surface area contributed by atoms with E-state index in [0.29, 0.717) is 26.1 Å². The molecule has 0 bridgehead atoms. The van der Waals surface area contributed by atoms with Crippen LogP contribution in [0.25, 0.3) is 0 Å². The first kappa shape index (κ1) is 22.1. The van der Waals surface area contributed by atoms with Crippen molar-refractivity contribution in [3.8, 4) is 0 Å². The highest BCUT2D eigenvalue weighted by Crippen LogP contribution is 2.31. The number of nitro benzene ring substituents is 1. The molecule has 1 aliphatic rings. The lowest BCUT2D eigenvalue weighted by Crippen LogP contribution is -2.42. The summed E-state index contributed by atoms with van der Waals surface area (Å²) in [4.78, 5) is 21.9. The Bertz CT molecular complexity index is 817. The molecular formula is C18H27N3O6S. The predicted molar refractivity (Wildman–Crippen MR) is 105 cm³/mol. The van der Waals surface area contributed by atoms with Crippen LogP contribution in [0.2, 0.25) is 0 Å². The smallest absolute Gasteiger partial charge is 0.305 e. The van der Waals surface area contributed by atoms with Crippen LogP contribution >= 0.6 is 0 Å². The molecule has 1 aromatic rings. The summed E-state index contributed by atoms with van der Waals surface area (Å²) in [6.45, 7) is 5.15. The van der Waals surface area contributed by atoms with Crippen LogP contribution in [0.1, 0.15) is 33.1 Å². The monoisotopic (exact) mass is 413 g/mol. The quantitative estimate of drug-likeness (QED) is 0.301. The zero-order chi connectivity index (χ0) is 20.9. The van der Waals surface area contributed by atoms with Crippen molar-refractivity contribution in [2.24, 2.45) is 11.8 Å². The molecule has 156 valence electrons. The maximum Gasteiger partial charge on any atom is 0.305 e. The minimum absolute atomic E-state index is 0.0828. The van der Waals surface area contributed by atoms with E-state index in [4.69, 9.17) is 0 Å². The van der Waals surface area contributed by atoms with Crippen LogP contribution in [0.15, 0.2) is 23.1 Å². The number of anilines is 1. The Morgan fingerprint density at radius 3 is 2.54 bits per heavy atom. The molecule has 2 rings (SSSR count). The Hall–Kier alpha value is -2.20. The van der Waals surface area contributed by atoms with Crippen LogP contribution in [-0.2, 0) is 19.6 Å². The molecule has 1 aliphatic heterocycles. The van der Waals surface area contributed by atoms with Crippen molar-refractivity contribution >= 4 is 27.4 Å². The van der Waals surface area contributed by atoms with Gasteiger partial charge in [0, 0.05) is 32.1 Å². The maximum absolute atomic E-state index is 13.0. The Balaban J connectivity index is 2.19. The molecule has 0 aromatic heterocycles. The lowest BCUT2D eigenvalue weighted by atomic mass is 9.94. The summed E-state index contributed by atoms with van der Waals surface area (Å²) < 4.78 is 31.9. The van der Waals surface area contributed by atoms with Gasteiger partial charge >= 0.3 is 5.97 Å². The van der Waals surface area contributed by atoms with Crippen molar-refractivity contribution in [2.75, 3.05) is 32.1 Å². The largest absolute Gasteiger partial charge is 0.469 e. The number of hydrogen-bond acceptors (Lipinski definition) is 7. The molecule has 0 unspecified atom stereocenters. The first-order chi connectivity index (χ1) is 13.1. The van der Waals surface area contributed by atoms with Gasteiger partial charge in [-0.05, 0) is 36.8 Å². The lowest BCUT2D eigenvalue weighted by molar-refractivity contribution is -0.384. The minimum atomic E-state index is -3.80. The highest BCUT2D eigenvalue weighted by atomic mass is 32.2. The second kappa shape index (κ2) is 9.33. The third-order valence-electron chi connectivity index (χ3n) is 4.74. The van der Waals surface area contributed by atoms with E-state index >= 15 is 0 Å². The predicted octanol–water partition coefficient (Wildman–Crippen LogP) is 2.63. The number of carbonyl (C=O) groups excluding carboxylic acids is 1. The number of rotatable bonds is 8. The first-order valence-electron chi connectivity index (χ1n) is 9.24. The van der Waals surface area contributed by atoms with Crippen molar-refractivity contribution in [3.63, 3.8) is 0 Å². The van der Waals surface area contributed by atoms with Gasteiger partial charge in [0.05, 0.1) is 16.9 Å². The highest BCUT2D eigenvalue weighted by Gasteiger charge is 2.33.